The van der Waals surface area contributed by atoms with E-state index in [0.717, 1.165) is 5.69 Å². The SMILES string of the molecule is COc1ccc(C(=O)N[C@@H](C)c2cc(Nc3ccc(C#N)cc3)nc(N3CCOCC3)n2)nc1. The van der Waals surface area contributed by atoms with Gasteiger partial charge >= 0.3 is 0 Å². The summed E-state index contributed by atoms with van der Waals surface area (Å²) in [6.07, 6.45) is 1.50. The molecule has 1 amide bonds. The van der Waals surface area contributed by atoms with Crippen LogP contribution >= 0.6 is 0 Å². The van der Waals surface area contributed by atoms with Gasteiger partial charge in [0.2, 0.25) is 5.95 Å². The van der Waals surface area contributed by atoms with Gasteiger partial charge in [-0.3, -0.25) is 4.79 Å². The first kappa shape index (κ1) is 22.9. The number of nitrogens with one attached hydrogen (secondary N) is 2. The molecule has 3 aromatic rings. The van der Waals surface area contributed by atoms with Gasteiger partial charge in [-0.05, 0) is 43.3 Å². The number of methoxy groups -OCH3 is 1. The molecule has 0 unspecified atom stereocenters. The average molecular weight is 460 g/mol. The first-order chi connectivity index (χ1) is 16.6. The van der Waals surface area contributed by atoms with E-state index in [9.17, 15) is 4.79 Å². The third-order valence-corrected chi connectivity index (χ3v) is 5.31. The number of pyridine rings is 1. The molecular formula is C24H25N7O3. The predicted molar refractivity (Wildman–Crippen MR) is 126 cm³/mol. The van der Waals surface area contributed by atoms with Gasteiger partial charge in [-0.25, -0.2) is 9.97 Å². The molecule has 10 nitrogen and oxygen atoms in total. The van der Waals surface area contributed by atoms with Crippen molar-refractivity contribution in [1.82, 2.24) is 20.3 Å². The Hall–Kier alpha value is -4.23. The monoisotopic (exact) mass is 459 g/mol. The first-order valence-corrected chi connectivity index (χ1v) is 10.9. The van der Waals surface area contributed by atoms with Crippen molar-refractivity contribution >= 4 is 23.4 Å². The molecule has 1 aliphatic rings. The smallest absolute Gasteiger partial charge is 0.270 e. The Balaban J connectivity index is 1.57. The highest BCUT2D eigenvalue weighted by Gasteiger charge is 2.20. The van der Waals surface area contributed by atoms with Gasteiger partial charge in [0.15, 0.2) is 0 Å². The first-order valence-electron chi connectivity index (χ1n) is 10.9. The number of nitriles is 1. The third-order valence-electron chi connectivity index (χ3n) is 5.31. The van der Waals surface area contributed by atoms with Crippen LogP contribution in [0.15, 0.2) is 48.7 Å². The van der Waals surface area contributed by atoms with Crippen molar-refractivity contribution in [3.63, 3.8) is 0 Å². The van der Waals surface area contributed by atoms with Gasteiger partial charge in [-0.2, -0.15) is 10.2 Å². The summed E-state index contributed by atoms with van der Waals surface area (Å²) in [7, 11) is 1.55. The molecule has 174 valence electrons. The summed E-state index contributed by atoms with van der Waals surface area (Å²) in [6, 6.07) is 13.9. The highest BCUT2D eigenvalue weighted by atomic mass is 16.5. The number of carbonyl (C=O) groups excluding carboxylic acids is 1. The molecule has 0 spiro atoms. The van der Waals surface area contributed by atoms with Crippen molar-refractivity contribution in [2.24, 2.45) is 0 Å². The molecule has 1 atom stereocenters. The standard InChI is InChI=1S/C24H25N7O3/c1-16(27-23(32)20-8-7-19(33-2)15-26-20)21-13-22(28-18-5-3-17(14-25)4-6-18)30-24(29-21)31-9-11-34-12-10-31/h3-8,13,15-16H,9-12H2,1-2H3,(H,27,32)(H,28,29,30)/t16-/m0/s1. The van der Waals surface area contributed by atoms with E-state index in [0.29, 0.717) is 55.1 Å². The van der Waals surface area contributed by atoms with E-state index < -0.39 is 6.04 Å². The van der Waals surface area contributed by atoms with Gasteiger partial charge < -0.3 is 25.0 Å². The van der Waals surface area contributed by atoms with Gasteiger partial charge in [-0.1, -0.05) is 0 Å². The number of anilines is 3. The Labute approximate surface area is 197 Å². The lowest BCUT2D eigenvalue weighted by atomic mass is 10.2. The molecule has 1 saturated heterocycles. The number of aromatic nitrogens is 3. The topological polar surface area (TPSA) is 125 Å². The Bertz CT molecular complexity index is 1170. The highest BCUT2D eigenvalue weighted by Crippen LogP contribution is 2.23. The molecule has 1 aliphatic heterocycles. The van der Waals surface area contributed by atoms with Crippen LogP contribution in [0.1, 0.15) is 34.7 Å². The average Bonchev–Trinajstić information content (AvgIpc) is 2.89. The number of ether oxygens (including phenoxy) is 2. The number of hydrogen-bond donors (Lipinski definition) is 2. The van der Waals surface area contributed by atoms with Crippen LogP contribution in [0.2, 0.25) is 0 Å². The van der Waals surface area contributed by atoms with Crippen molar-refractivity contribution in [2.45, 2.75) is 13.0 Å². The number of amides is 1. The molecule has 3 heterocycles. The summed E-state index contributed by atoms with van der Waals surface area (Å²) in [5, 5.41) is 15.2. The minimum atomic E-state index is -0.402. The number of carbonyl (C=O) groups is 1. The van der Waals surface area contributed by atoms with Gasteiger partial charge in [-0.15, -0.1) is 0 Å². The Morgan fingerprint density at radius 2 is 1.94 bits per heavy atom. The van der Waals surface area contributed by atoms with E-state index in [2.05, 4.69) is 31.6 Å². The van der Waals surface area contributed by atoms with E-state index in [1.807, 2.05) is 19.1 Å². The maximum Gasteiger partial charge on any atom is 0.270 e. The van der Waals surface area contributed by atoms with E-state index >= 15 is 0 Å². The van der Waals surface area contributed by atoms with Crippen LogP contribution in [0.4, 0.5) is 17.5 Å². The van der Waals surface area contributed by atoms with E-state index in [1.165, 1.54) is 6.20 Å². The van der Waals surface area contributed by atoms with Crippen LogP contribution in [-0.4, -0.2) is 54.3 Å². The van der Waals surface area contributed by atoms with Crippen molar-refractivity contribution in [3.8, 4) is 11.8 Å². The second-order valence-electron chi connectivity index (χ2n) is 7.67. The molecule has 1 aromatic carbocycles. The molecule has 4 rings (SSSR count). The van der Waals surface area contributed by atoms with Gasteiger partial charge in [0.25, 0.3) is 5.91 Å². The lowest BCUT2D eigenvalue weighted by Crippen LogP contribution is -2.38. The summed E-state index contributed by atoms with van der Waals surface area (Å²) >= 11 is 0. The van der Waals surface area contributed by atoms with Gasteiger partial charge in [0.1, 0.15) is 17.3 Å². The van der Waals surface area contributed by atoms with Crippen molar-refractivity contribution < 1.29 is 14.3 Å². The van der Waals surface area contributed by atoms with E-state index in [1.54, 1.807) is 37.4 Å². The van der Waals surface area contributed by atoms with E-state index in [-0.39, 0.29) is 11.6 Å². The Morgan fingerprint density at radius 3 is 2.59 bits per heavy atom. The minimum Gasteiger partial charge on any atom is -0.495 e. The number of nitrogens with zero attached hydrogens (tertiary/aromatic N) is 5. The van der Waals surface area contributed by atoms with Crippen LogP contribution in [0.5, 0.6) is 5.75 Å². The summed E-state index contributed by atoms with van der Waals surface area (Å²) in [5.41, 5.74) is 2.29. The zero-order valence-corrected chi connectivity index (χ0v) is 19.0. The van der Waals surface area contributed by atoms with Crippen LogP contribution < -0.4 is 20.3 Å². The summed E-state index contributed by atoms with van der Waals surface area (Å²) < 4.78 is 10.6. The fourth-order valence-corrected chi connectivity index (χ4v) is 3.40. The zero-order valence-electron chi connectivity index (χ0n) is 19.0. The van der Waals surface area contributed by atoms with Crippen molar-refractivity contribution in [2.75, 3.05) is 43.6 Å². The third kappa shape index (κ3) is 5.57. The van der Waals surface area contributed by atoms with Gasteiger partial charge in [0, 0.05) is 24.8 Å². The molecule has 1 fully saturated rings. The van der Waals surface area contributed by atoms with Gasteiger partial charge in [0.05, 0.1) is 49.9 Å². The molecule has 0 radical (unpaired) electrons. The molecule has 34 heavy (non-hydrogen) atoms. The zero-order chi connectivity index (χ0) is 23.9. The maximum atomic E-state index is 12.7. The van der Waals surface area contributed by atoms with Crippen molar-refractivity contribution in [3.05, 3.63) is 65.6 Å². The maximum absolute atomic E-state index is 12.7. The predicted octanol–water partition coefficient (Wildman–Crippen LogP) is 2.82. The molecule has 10 heteroatoms. The number of benzene rings is 1. The largest absolute Gasteiger partial charge is 0.495 e. The second kappa shape index (κ2) is 10.6. The molecular weight excluding hydrogens is 434 g/mol. The number of hydrogen-bond acceptors (Lipinski definition) is 9. The molecule has 2 aromatic heterocycles. The summed E-state index contributed by atoms with van der Waals surface area (Å²) in [6.45, 7) is 4.41. The van der Waals surface area contributed by atoms with E-state index in [4.69, 9.17) is 19.7 Å². The Morgan fingerprint density at radius 1 is 1.18 bits per heavy atom. The lowest BCUT2D eigenvalue weighted by molar-refractivity contribution is 0.0934. The van der Waals surface area contributed by atoms with Crippen LogP contribution in [0.25, 0.3) is 0 Å². The van der Waals surface area contributed by atoms with Crippen molar-refractivity contribution in [1.29, 1.82) is 5.26 Å². The molecule has 2 N–H and O–H groups in total. The quantitative estimate of drug-likeness (QED) is 0.548. The normalized spacial score (nSPS) is 14.1. The second-order valence-corrected chi connectivity index (χ2v) is 7.67. The number of morpholine rings is 1. The molecule has 0 saturated carbocycles. The molecule has 0 aliphatic carbocycles. The van der Waals surface area contributed by atoms with Crippen LogP contribution in [0.3, 0.4) is 0 Å². The van der Waals surface area contributed by atoms with Crippen LogP contribution in [0, 0.1) is 11.3 Å². The Kier molecular flexibility index (Phi) is 7.15. The molecule has 0 bridgehead atoms. The van der Waals surface area contributed by atoms with Crippen LogP contribution in [-0.2, 0) is 4.74 Å². The fourth-order valence-electron chi connectivity index (χ4n) is 3.40. The summed E-state index contributed by atoms with van der Waals surface area (Å²) in [5.74, 6) is 1.40. The minimum absolute atomic E-state index is 0.283. The summed E-state index contributed by atoms with van der Waals surface area (Å²) in [4.78, 5) is 28.3. The fraction of sp³-hybridized carbons (Fsp3) is 0.292. The number of rotatable bonds is 7. The lowest BCUT2D eigenvalue weighted by Gasteiger charge is -2.28. The highest BCUT2D eigenvalue weighted by molar-refractivity contribution is 5.92.